The zero-order chi connectivity index (χ0) is 15.1. The van der Waals surface area contributed by atoms with Gasteiger partial charge in [0.2, 0.25) is 5.91 Å². The maximum atomic E-state index is 12.2. The Kier molecular flexibility index (Phi) is 6.24. The van der Waals surface area contributed by atoms with Crippen molar-refractivity contribution < 1.29 is 9.90 Å². The smallest absolute Gasteiger partial charge is 0.234 e. The highest BCUT2D eigenvalue weighted by atomic mass is 16.3. The molecule has 2 aliphatic rings. The molecule has 4 heteroatoms. The number of nitrogens with one attached hydrogen (secondary N) is 1. The zero-order valence-corrected chi connectivity index (χ0v) is 13.1. The maximum Gasteiger partial charge on any atom is 0.234 e. The highest BCUT2D eigenvalue weighted by Crippen LogP contribution is 2.33. The van der Waals surface area contributed by atoms with Gasteiger partial charge in [-0.15, -0.1) is 6.58 Å². The van der Waals surface area contributed by atoms with E-state index in [1.54, 1.807) is 0 Å². The Morgan fingerprint density at radius 3 is 2.76 bits per heavy atom. The summed E-state index contributed by atoms with van der Waals surface area (Å²) in [7, 11) is 0. The second kappa shape index (κ2) is 7.95. The van der Waals surface area contributed by atoms with Gasteiger partial charge in [-0.05, 0) is 38.6 Å². The number of amides is 1. The van der Waals surface area contributed by atoms with Gasteiger partial charge in [0.15, 0.2) is 0 Å². The minimum atomic E-state index is -0.0921. The molecule has 2 rings (SSSR count). The van der Waals surface area contributed by atoms with E-state index in [4.69, 9.17) is 0 Å². The number of hydrogen-bond acceptors (Lipinski definition) is 3. The van der Waals surface area contributed by atoms with Crippen molar-refractivity contribution in [3.63, 3.8) is 0 Å². The highest BCUT2D eigenvalue weighted by molar-refractivity contribution is 5.78. The van der Waals surface area contributed by atoms with E-state index in [0.717, 1.165) is 45.2 Å². The van der Waals surface area contributed by atoms with Crippen molar-refractivity contribution in [2.75, 3.05) is 26.2 Å². The zero-order valence-electron chi connectivity index (χ0n) is 13.1. The third kappa shape index (κ3) is 4.82. The van der Waals surface area contributed by atoms with E-state index in [0.29, 0.717) is 12.6 Å². The van der Waals surface area contributed by atoms with Gasteiger partial charge in [0.1, 0.15) is 0 Å². The molecule has 0 aromatic rings. The fourth-order valence-corrected chi connectivity index (χ4v) is 3.83. The first-order chi connectivity index (χ1) is 10.2. The first-order valence-corrected chi connectivity index (χ1v) is 8.41. The number of carbonyl (C=O) groups is 1. The van der Waals surface area contributed by atoms with Crippen LogP contribution in [0.1, 0.15) is 51.4 Å². The predicted molar refractivity (Wildman–Crippen MR) is 85.0 cm³/mol. The van der Waals surface area contributed by atoms with Crippen molar-refractivity contribution in [3.8, 4) is 0 Å². The van der Waals surface area contributed by atoms with Crippen LogP contribution in [0.4, 0.5) is 0 Å². The van der Waals surface area contributed by atoms with Crippen LogP contribution in [0.5, 0.6) is 0 Å². The Balaban J connectivity index is 1.81. The summed E-state index contributed by atoms with van der Waals surface area (Å²) in [6, 6.07) is 0.381. The number of allylic oxidation sites excluding steroid dienone is 1. The number of aliphatic hydroxyl groups is 1. The third-order valence-corrected chi connectivity index (χ3v) is 4.99. The van der Waals surface area contributed by atoms with E-state index in [1.165, 1.54) is 19.3 Å². The lowest BCUT2D eigenvalue weighted by molar-refractivity contribution is -0.124. The molecule has 1 aliphatic heterocycles. The van der Waals surface area contributed by atoms with Crippen LogP contribution in [-0.2, 0) is 4.79 Å². The second-order valence-corrected chi connectivity index (χ2v) is 6.87. The summed E-state index contributed by atoms with van der Waals surface area (Å²) in [5.74, 6) is 0.147. The van der Waals surface area contributed by atoms with Crippen molar-refractivity contribution >= 4 is 5.91 Å². The molecular formula is C17H30N2O2. The van der Waals surface area contributed by atoms with Crippen LogP contribution in [0.15, 0.2) is 12.7 Å². The summed E-state index contributed by atoms with van der Waals surface area (Å²) in [6.07, 6.45) is 10.8. The number of hydrogen-bond donors (Lipinski definition) is 2. The van der Waals surface area contributed by atoms with Gasteiger partial charge in [-0.2, -0.15) is 0 Å². The molecule has 0 radical (unpaired) electrons. The minimum absolute atomic E-state index is 0.0921. The average Bonchev–Trinajstić information content (AvgIpc) is 2.49. The number of piperidine rings is 1. The summed E-state index contributed by atoms with van der Waals surface area (Å²) >= 11 is 0. The molecular weight excluding hydrogens is 264 g/mol. The minimum Gasteiger partial charge on any atom is -0.396 e. The fraction of sp³-hybridized carbons (Fsp3) is 0.824. The molecule has 0 spiro atoms. The Bertz CT molecular complexity index is 353. The van der Waals surface area contributed by atoms with Gasteiger partial charge in [-0.25, -0.2) is 0 Å². The number of nitrogens with zero attached hydrogens (tertiary/aromatic N) is 1. The van der Waals surface area contributed by atoms with Crippen LogP contribution in [0.3, 0.4) is 0 Å². The third-order valence-electron chi connectivity index (χ3n) is 4.99. The van der Waals surface area contributed by atoms with Crippen molar-refractivity contribution in [3.05, 3.63) is 12.7 Å². The molecule has 1 amide bonds. The standard InChI is InChI=1S/C17H30N2O2/c1-2-9-17(14-20)10-6-11-19(13-17)12-16(21)18-15-7-4-3-5-8-15/h2,15,20H,1,3-14H2,(H,18,21)/t17-/m1/s1. The molecule has 1 aliphatic carbocycles. The molecule has 1 saturated carbocycles. The molecule has 1 heterocycles. The molecule has 1 saturated heterocycles. The van der Waals surface area contributed by atoms with Gasteiger partial charge < -0.3 is 10.4 Å². The monoisotopic (exact) mass is 294 g/mol. The lowest BCUT2D eigenvalue weighted by atomic mass is 9.78. The molecule has 2 N–H and O–H groups in total. The largest absolute Gasteiger partial charge is 0.396 e. The van der Waals surface area contributed by atoms with E-state index < -0.39 is 0 Å². The molecule has 2 fully saturated rings. The summed E-state index contributed by atoms with van der Waals surface area (Å²) in [5, 5.41) is 12.9. The molecule has 21 heavy (non-hydrogen) atoms. The maximum absolute atomic E-state index is 12.2. The summed E-state index contributed by atoms with van der Waals surface area (Å²) in [4.78, 5) is 14.4. The normalized spacial score (nSPS) is 28.2. The van der Waals surface area contributed by atoms with E-state index in [1.807, 2.05) is 6.08 Å². The fourth-order valence-electron chi connectivity index (χ4n) is 3.83. The van der Waals surface area contributed by atoms with Gasteiger partial charge >= 0.3 is 0 Å². The van der Waals surface area contributed by atoms with Crippen LogP contribution in [0.25, 0.3) is 0 Å². The first-order valence-electron chi connectivity index (χ1n) is 8.41. The van der Waals surface area contributed by atoms with Crippen LogP contribution < -0.4 is 5.32 Å². The molecule has 120 valence electrons. The molecule has 4 nitrogen and oxygen atoms in total. The summed E-state index contributed by atoms with van der Waals surface area (Å²) < 4.78 is 0. The quantitative estimate of drug-likeness (QED) is 0.738. The number of carbonyl (C=O) groups excluding carboxylic acids is 1. The van der Waals surface area contributed by atoms with Gasteiger partial charge in [-0.1, -0.05) is 25.3 Å². The Hall–Kier alpha value is -0.870. The molecule has 0 unspecified atom stereocenters. The Morgan fingerprint density at radius 2 is 2.10 bits per heavy atom. The number of likely N-dealkylation sites (tertiary alicyclic amines) is 1. The second-order valence-electron chi connectivity index (χ2n) is 6.87. The van der Waals surface area contributed by atoms with E-state index >= 15 is 0 Å². The van der Waals surface area contributed by atoms with E-state index in [-0.39, 0.29) is 17.9 Å². The molecule has 1 atom stereocenters. The van der Waals surface area contributed by atoms with Crippen LogP contribution in [-0.4, -0.2) is 48.2 Å². The summed E-state index contributed by atoms with van der Waals surface area (Å²) in [5.41, 5.74) is -0.0921. The Morgan fingerprint density at radius 1 is 1.33 bits per heavy atom. The molecule has 0 bridgehead atoms. The van der Waals surface area contributed by atoms with Gasteiger partial charge in [0, 0.05) is 18.0 Å². The lowest BCUT2D eigenvalue weighted by Gasteiger charge is -2.41. The van der Waals surface area contributed by atoms with Crippen molar-refractivity contribution in [2.24, 2.45) is 5.41 Å². The van der Waals surface area contributed by atoms with Gasteiger partial charge in [0.05, 0.1) is 13.2 Å². The topological polar surface area (TPSA) is 52.6 Å². The van der Waals surface area contributed by atoms with Crippen molar-refractivity contribution in [1.29, 1.82) is 0 Å². The Labute approximate surface area is 128 Å². The number of rotatable bonds is 6. The molecule has 0 aromatic carbocycles. The van der Waals surface area contributed by atoms with Crippen LogP contribution in [0.2, 0.25) is 0 Å². The van der Waals surface area contributed by atoms with Crippen LogP contribution >= 0.6 is 0 Å². The van der Waals surface area contributed by atoms with Gasteiger partial charge in [0.25, 0.3) is 0 Å². The van der Waals surface area contributed by atoms with E-state index in [2.05, 4.69) is 16.8 Å². The highest BCUT2D eigenvalue weighted by Gasteiger charge is 2.34. The first kappa shape index (κ1) is 16.5. The summed E-state index contributed by atoms with van der Waals surface area (Å²) in [6.45, 7) is 6.20. The van der Waals surface area contributed by atoms with E-state index in [9.17, 15) is 9.90 Å². The van der Waals surface area contributed by atoms with Gasteiger partial charge in [-0.3, -0.25) is 9.69 Å². The number of aliphatic hydroxyl groups excluding tert-OH is 1. The van der Waals surface area contributed by atoms with Crippen LogP contribution in [0, 0.1) is 5.41 Å². The lowest BCUT2D eigenvalue weighted by Crippen LogP contribution is -2.49. The SMILES string of the molecule is C=CC[C@@]1(CO)CCCN(CC(=O)NC2CCCCC2)C1. The average molecular weight is 294 g/mol. The van der Waals surface area contributed by atoms with Crippen molar-refractivity contribution in [2.45, 2.75) is 57.4 Å². The predicted octanol–water partition coefficient (Wildman–Crippen LogP) is 2.09. The molecule has 0 aromatic heterocycles. The van der Waals surface area contributed by atoms with Crippen molar-refractivity contribution in [1.82, 2.24) is 10.2 Å².